The summed E-state index contributed by atoms with van der Waals surface area (Å²) in [5, 5.41) is 7.78. The highest BCUT2D eigenvalue weighted by molar-refractivity contribution is 5.88. The number of nitrogen functional groups attached to an aromatic ring is 1. The smallest absolute Gasteiger partial charge is 0.360 e. The van der Waals surface area contributed by atoms with Gasteiger partial charge in [-0.15, -0.1) is 5.10 Å². The van der Waals surface area contributed by atoms with E-state index in [-0.39, 0.29) is 5.69 Å². The quantitative estimate of drug-likeness (QED) is 0.652. The maximum absolute atomic E-state index is 11.6. The molecule has 0 saturated carbocycles. The first kappa shape index (κ1) is 12.1. The molecule has 1 heterocycles. The molecule has 0 atom stereocenters. The van der Waals surface area contributed by atoms with Crippen LogP contribution in [0.15, 0.2) is 24.3 Å². The van der Waals surface area contributed by atoms with Gasteiger partial charge in [0.05, 0.1) is 18.0 Å². The number of nitrogens with two attached hydrogens (primary N) is 1. The van der Waals surface area contributed by atoms with E-state index in [0.717, 1.165) is 5.69 Å². The Balaban J connectivity index is 2.39. The lowest BCUT2D eigenvalue weighted by Gasteiger charge is -2.04. The van der Waals surface area contributed by atoms with Crippen LogP contribution in [-0.4, -0.2) is 27.6 Å². The second-order valence-electron chi connectivity index (χ2n) is 3.75. The minimum Gasteiger partial charge on any atom is -0.461 e. The molecule has 0 aliphatic heterocycles. The normalized spacial score (nSPS) is 10.3. The van der Waals surface area contributed by atoms with Crippen molar-refractivity contribution in [2.45, 2.75) is 13.8 Å². The second kappa shape index (κ2) is 4.87. The van der Waals surface area contributed by atoms with E-state index >= 15 is 0 Å². The lowest BCUT2D eigenvalue weighted by atomic mass is 10.2. The van der Waals surface area contributed by atoms with Crippen molar-refractivity contribution in [2.24, 2.45) is 0 Å². The summed E-state index contributed by atoms with van der Waals surface area (Å²) in [4.78, 5) is 11.6. The monoisotopic (exact) mass is 246 g/mol. The Morgan fingerprint density at radius 2 is 2.28 bits per heavy atom. The maximum atomic E-state index is 11.6. The van der Waals surface area contributed by atoms with Gasteiger partial charge < -0.3 is 10.5 Å². The lowest BCUT2D eigenvalue weighted by Crippen LogP contribution is -2.07. The van der Waals surface area contributed by atoms with Crippen LogP contribution in [0.4, 0.5) is 5.69 Å². The Kier molecular flexibility index (Phi) is 3.27. The molecule has 0 spiro atoms. The van der Waals surface area contributed by atoms with E-state index in [1.807, 2.05) is 12.1 Å². The molecule has 0 saturated heterocycles. The van der Waals surface area contributed by atoms with Gasteiger partial charge in [-0.05, 0) is 32.0 Å². The van der Waals surface area contributed by atoms with E-state index < -0.39 is 5.97 Å². The number of nitrogens with zero attached hydrogens (tertiary/aromatic N) is 3. The first-order valence-electron chi connectivity index (χ1n) is 5.58. The number of anilines is 1. The molecule has 0 bridgehead atoms. The van der Waals surface area contributed by atoms with Crippen LogP contribution in [0.2, 0.25) is 0 Å². The van der Waals surface area contributed by atoms with Crippen molar-refractivity contribution in [3.63, 3.8) is 0 Å². The molecule has 0 aliphatic rings. The SMILES string of the molecule is CCOC(=O)c1nnn(-c2cccc(N)c2)c1C. The summed E-state index contributed by atoms with van der Waals surface area (Å²) >= 11 is 0. The van der Waals surface area contributed by atoms with Crippen LogP contribution in [-0.2, 0) is 4.74 Å². The largest absolute Gasteiger partial charge is 0.461 e. The van der Waals surface area contributed by atoms with Crippen molar-refractivity contribution in [3.05, 3.63) is 35.7 Å². The highest BCUT2D eigenvalue weighted by Gasteiger charge is 2.18. The molecular formula is C12H14N4O2. The van der Waals surface area contributed by atoms with E-state index in [1.165, 1.54) is 0 Å². The third kappa shape index (κ3) is 2.17. The zero-order chi connectivity index (χ0) is 13.1. The average molecular weight is 246 g/mol. The van der Waals surface area contributed by atoms with Gasteiger partial charge in [0.1, 0.15) is 0 Å². The highest BCUT2D eigenvalue weighted by atomic mass is 16.5. The topological polar surface area (TPSA) is 83.0 Å². The highest BCUT2D eigenvalue weighted by Crippen LogP contribution is 2.15. The van der Waals surface area contributed by atoms with Crippen LogP contribution in [0.25, 0.3) is 5.69 Å². The van der Waals surface area contributed by atoms with Gasteiger partial charge in [0.2, 0.25) is 0 Å². The summed E-state index contributed by atoms with van der Waals surface area (Å²) in [5.74, 6) is -0.467. The van der Waals surface area contributed by atoms with Crippen molar-refractivity contribution in [1.82, 2.24) is 15.0 Å². The van der Waals surface area contributed by atoms with Crippen molar-refractivity contribution < 1.29 is 9.53 Å². The number of benzene rings is 1. The average Bonchev–Trinajstić information content (AvgIpc) is 2.71. The number of ether oxygens (including phenoxy) is 1. The molecule has 2 aromatic rings. The van der Waals surface area contributed by atoms with Crippen LogP contribution >= 0.6 is 0 Å². The molecular weight excluding hydrogens is 232 g/mol. The molecule has 0 fully saturated rings. The van der Waals surface area contributed by atoms with Crippen molar-refractivity contribution in [3.8, 4) is 5.69 Å². The number of esters is 1. The van der Waals surface area contributed by atoms with E-state index in [4.69, 9.17) is 10.5 Å². The molecule has 18 heavy (non-hydrogen) atoms. The van der Waals surface area contributed by atoms with Crippen LogP contribution < -0.4 is 5.73 Å². The van der Waals surface area contributed by atoms with Gasteiger partial charge in [-0.2, -0.15) is 0 Å². The number of aromatic nitrogens is 3. The first-order chi connectivity index (χ1) is 8.63. The molecule has 0 radical (unpaired) electrons. The van der Waals surface area contributed by atoms with Gasteiger partial charge in [-0.25, -0.2) is 9.48 Å². The fraction of sp³-hybridized carbons (Fsp3) is 0.250. The summed E-state index contributed by atoms with van der Waals surface area (Å²) in [6, 6.07) is 7.20. The first-order valence-corrected chi connectivity index (χ1v) is 5.58. The standard InChI is InChI=1S/C12H14N4O2/c1-3-18-12(17)11-8(2)16(15-14-11)10-6-4-5-9(13)7-10/h4-7H,3,13H2,1-2H3. The van der Waals surface area contributed by atoms with Crippen molar-refractivity contribution in [2.75, 3.05) is 12.3 Å². The molecule has 6 heteroatoms. The molecule has 0 unspecified atom stereocenters. The summed E-state index contributed by atoms with van der Waals surface area (Å²) in [6.07, 6.45) is 0. The molecule has 0 aliphatic carbocycles. The number of hydrogen-bond acceptors (Lipinski definition) is 5. The Bertz CT molecular complexity index is 577. The summed E-state index contributed by atoms with van der Waals surface area (Å²) in [5.41, 5.74) is 7.94. The van der Waals surface area contributed by atoms with E-state index in [9.17, 15) is 4.79 Å². The van der Waals surface area contributed by atoms with Crippen molar-refractivity contribution in [1.29, 1.82) is 0 Å². The zero-order valence-electron chi connectivity index (χ0n) is 10.3. The molecule has 6 nitrogen and oxygen atoms in total. The molecule has 2 rings (SSSR count). The Morgan fingerprint density at radius 1 is 1.50 bits per heavy atom. The summed E-state index contributed by atoms with van der Waals surface area (Å²) < 4.78 is 6.46. The minimum absolute atomic E-state index is 0.222. The number of rotatable bonds is 3. The maximum Gasteiger partial charge on any atom is 0.360 e. The molecule has 1 aromatic heterocycles. The van der Waals surface area contributed by atoms with Gasteiger partial charge in [0.25, 0.3) is 0 Å². The predicted octanol–water partition coefficient (Wildman–Crippen LogP) is 1.33. The fourth-order valence-electron chi connectivity index (χ4n) is 1.62. The van der Waals surface area contributed by atoms with Gasteiger partial charge in [-0.3, -0.25) is 0 Å². The van der Waals surface area contributed by atoms with Crippen LogP contribution in [0.1, 0.15) is 23.1 Å². The lowest BCUT2D eigenvalue weighted by molar-refractivity contribution is 0.0518. The van der Waals surface area contributed by atoms with Crippen molar-refractivity contribution >= 4 is 11.7 Å². The van der Waals surface area contributed by atoms with Gasteiger partial charge >= 0.3 is 5.97 Å². The molecule has 1 aromatic carbocycles. The summed E-state index contributed by atoms with van der Waals surface area (Å²) in [7, 11) is 0. The van der Waals surface area contributed by atoms with Crippen LogP contribution in [0, 0.1) is 6.92 Å². The number of carbonyl (C=O) groups excluding carboxylic acids is 1. The fourth-order valence-corrected chi connectivity index (χ4v) is 1.62. The van der Waals surface area contributed by atoms with E-state index in [0.29, 0.717) is 18.0 Å². The third-order valence-electron chi connectivity index (χ3n) is 2.48. The Hall–Kier alpha value is -2.37. The van der Waals surface area contributed by atoms with Gasteiger partial charge in [0.15, 0.2) is 5.69 Å². The van der Waals surface area contributed by atoms with Crippen LogP contribution in [0.5, 0.6) is 0 Å². The summed E-state index contributed by atoms with van der Waals surface area (Å²) in [6.45, 7) is 3.81. The number of hydrogen-bond donors (Lipinski definition) is 1. The predicted molar refractivity (Wildman–Crippen MR) is 66.5 cm³/mol. The van der Waals surface area contributed by atoms with Crippen LogP contribution in [0.3, 0.4) is 0 Å². The molecule has 0 amide bonds. The molecule has 2 N–H and O–H groups in total. The third-order valence-corrected chi connectivity index (χ3v) is 2.48. The van der Waals surface area contributed by atoms with Gasteiger partial charge in [0, 0.05) is 5.69 Å². The van der Waals surface area contributed by atoms with E-state index in [1.54, 1.807) is 30.7 Å². The second-order valence-corrected chi connectivity index (χ2v) is 3.75. The molecule has 94 valence electrons. The minimum atomic E-state index is -0.467. The number of carbonyl (C=O) groups is 1. The van der Waals surface area contributed by atoms with Gasteiger partial charge in [-0.1, -0.05) is 11.3 Å². The van der Waals surface area contributed by atoms with E-state index in [2.05, 4.69) is 10.3 Å². The Labute approximate surface area is 104 Å². The zero-order valence-corrected chi connectivity index (χ0v) is 10.3. The Morgan fingerprint density at radius 3 is 2.94 bits per heavy atom.